The van der Waals surface area contributed by atoms with E-state index < -0.39 is 0 Å². The van der Waals surface area contributed by atoms with Crippen LogP contribution in [-0.2, 0) is 0 Å². The molecule has 1 aromatic rings. The van der Waals surface area contributed by atoms with Gasteiger partial charge in [-0.3, -0.25) is 4.84 Å². The summed E-state index contributed by atoms with van der Waals surface area (Å²) in [7, 11) is 0. The Kier molecular flexibility index (Phi) is 3.31. The number of hydrogen-bond acceptors (Lipinski definition) is 3. The van der Waals surface area contributed by atoms with Crippen molar-refractivity contribution in [2.24, 2.45) is 0 Å². The number of aromatic nitrogens is 2. The summed E-state index contributed by atoms with van der Waals surface area (Å²) < 4.78 is 0. The summed E-state index contributed by atoms with van der Waals surface area (Å²) in [6.07, 6.45) is 2.74. The van der Waals surface area contributed by atoms with Crippen molar-refractivity contribution in [1.82, 2.24) is 14.8 Å². The van der Waals surface area contributed by atoms with E-state index in [1.165, 1.54) is 0 Å². The molecule has 0 bridgehead atoms. The molecule has 0 spiro atoms. The molecule has 5 heteroatoms. The predicted octanol–water partition coefficient (Wildman–Crippen LogP) is 0.774. The van der Waals surface area contributed by atoms with Crippen LogP contribution in [0.1, 0.15) is 13.8 Å². The lowest BCUT2D eigenvalue weighted by Crippen LogP contribution is -2.36. The zero-order valence-corrected chi connectivity index (χ0v) is 7.80. The second kappa shape index (κ2) is 4.49. The number of carbonyl (C=O) groups excluding carboxylic acids is 1. The highest BCUT2D eigenvalue weighted by molar-refractivity contribution is 5.67. The Morgan fingerprint density at radius 1 is 1.54 bits per heavy atom. The Bertz CT molecular complexity index is 254. The van der Waals surface area contributed by atoms with Gasteiger partial charge in [-0.1, -0.05) is 4.85 Å². The highest BCUT2D eigenvalue weighted by atomic mass is 16.7. The summed E-state index contributed by atoms with van der Waals surface area (Å²) in [5.41, 5.74) is 0. The Morgan fingerprint density at radius 2 is 2.23 bits per heavy atom. The minimum atomic E-state index is -0.381. The van der Waals surface area contributed by atoms with Crippen LogP contribution in [0.5, 0.6) is 0 Å². The molecule has 5 nitrogen and oxygen atoms in total. The van der Waals surface area contributed by atoms with E-state index in [-0.39, 0.29) is 6.09 Å². The van der Waals surface area contributed by atoms with Gasteiger partial charge in [0.2, 0.25) is 0 Å². The number of nitrogens with zero attached hydrogens (tertiary/aromatic N) is 3. The largest absolute Gasteiger partial charge is 0.435 e. The average Bonchev–Trinajstić information content (AvgIpc) is 2.59. The third-order valence-corrected chi connectivity index (χ3v) is 1.67. The molecule has 0 aliphatic carbocycles. The summed E-state index contributed by atoms with van der Waals surface area (Å²) in [6.45, 7) is 5.06. The Morgan fingerprint density at radius 3 is 2.69 bits per heavy atom. The highest BCUT2D eigenvalue weighted by Crippen LogP contribution is 1.90. The second-order valence-electron chi connectivity index (χ2n) is 2.44. The summed E-state index contributed by atoms with van der Waals surface area (Å²) in [4.78, 5) is 18.9. The standard InChI is InChI=1S/C8H13N3O2/c1-3-10(4-2)8(12)13-11-7-5-6-9-11/h5-7H,3-4H2,1-2H3. The van der Waals surface area contributed by atoms with E-state index in [0.717, 1.165) is 4.85 Å². The predicted molar refractivity (Wildman–Crippen MR) is 47.1 cm³/mol. The maximum atomic E-state index is 11.3. The van der Waals surface area contributed by atoms with Crippen molar-refractivity contribution < 1.29 is 9.63 Å². The molecule has 1 aromatic heterocycles. The molecular formula is C8H13N3O2. The van der Waals surface area contributed by atoms with Gasteiger partial charge in [-0.25, -0.2) is 4.79 Å². The minimum absolute atomic E-state index is 0.381. The topological polar surface area (TPSA) is 47.4 Å². The van der Waals surface area contributed by atoms with Crippen molar-refractivity contribution in [3.05, 3.63) is 18.5 Å². The lowest BCUT2D eigenvalue weighted by Gasteiger charge is -2.16. The maximum absolute atomic E-state index is 11.3. The van der Waals surface area contributed by atoms with Crippen molar-refractivity contribution in [3.8, 4) is 0 Å². The summed E-state index contributed by atoms with van der Waals surface area (Å²) in [6, 6.07) is 1.69. The summed E-state index contributed by atoms with van der Waals surface area (Å²) >= 11 is 0. The van der Waals surface area contributed by atoms with Crippen LogP contribution < -0.4 is 4.84 Å². The van der Waals surface area contributed by atoms with Crippen molar-refractivity contribution in [3.63, 3.8) is 0 Å². The van der Waals surface area contributed by atoms with Crippen LogP contribution in [0.15, 0.2) is 18.5 Å². The molecule has 0 aliphatic heterocycles. The van der Waals surface area contributed by atoms with Gasteiger partial charge in [0.15, 0.2) is 0 Å². The fourth-order valence-electron chi connectivity index (χ4n) is 0.928. The molecule has 0 unspecified atom stereocenters. The van der Waals surface area contributed by atoms with Gasteiger partial charge in [-0.05, 0) is 19.9 Å². The number of carbonyl (C=O) groups is 1. The molecule has 0 atom stereocenters. The van der Waals surface area contributed by atoms with E-state index >= 15 is 0 Å². The highest BCUT2D eigenvalue weighted by Gasteiger charge is 2.11. The van der Waals surface area contributed by atoms with Crippen LogP contribution in [-0.4, -0.2) is 34.0 Å². The van der Waals surface area contributed by atoms with Crippen LogP contribution in [0.2, 0.25) is 0 Å². The Balaban J connectivity index is 2.49. The van der Waals surface area contributed by atoms with Gasteiger partial charge in [-0.15, -0.1) is 5.10 Å². The van der Waals surface area contributed by atoms with E-state index in [2.05, 4.69) is 5.10 Å². The average molecular weight is 183 g/mol. The van der Waals surface area contributed by atoms with Crippen LogP contribution in [0.4, 0.5) is 4.79 Å². The molecule has 0 saturated carbocycles. The fraction of sp³-hybridized carbons (Fsp3) is 0.500. The smallest absolute Gasteiger partial charge is 0.307 e. The van der Waals surface area contributed by atoms with Crippen LogP contribution in [0, 0.1) is 0 Å². The van der Waals surface area contributed by atoms with Crippen molar-refractivity contribution in [2.45, 2.75) is 13.8 Å². The first kappa shape index (κ1) is 9.57. The lowest BCUT2D eigenvalue weighted by molar-refractivity contribution is 0.0817. The van der Waals surface area contributed by atoms with E-state index in [1.807, 2.05) is 13.8 Å². The first-order valence-corrected chi connectivity index (χ1v) is 4.24. The van der Waals surface area contributed by atoms with Gasteiger partial charge in [0, 0.05) is 13.1 Å². The first-order valence-electron chi connectivity index (χ1n) is 4.24. The van der Waals surface area contributed by atoms with Gasteiger partial charge < -0.3 is 4.90 Å². The second-order valence-corrected chi connectivity index (χ2v) is 2.44. The van der Waals surface area contributed by atoms with Crippen molar-refractivity contribution in [1.29, 1.82) is 0 Å². The molecule has 1 heterocycles. The van der Waals surface area contributed by atoms with Crippen LogP contribution >= 0.6 is 0 Å². The third kappa shape index (κ3) is 2.47. The minimum Gasteiger partial charge on any atom is -0.307 e. The Labute approximate surface area is 76.9 Å². The number of rotatable bonds is 3. The van der Waals surface area contributed by atoms with Gasteiger partial charge in [0.05, 0.1) is 12.4 Å². The maximum Gasteiger partial charge on any atom is 0.435 e. The number of amides is 1. The first-order chi connectivity index (χ1) is 6.27. The zero-order valence-electron chi connectivity index (χ0n) is 7.80. The summed E-state index contributed by atoms with van der Waals surface area (Å²) in [5.74, 6) is 0. The van der Waals surface area contributed by atoms with E-state index in [4.69, 9.17) is 4.84 Å². The molecule has 0 fully saturated rings. The van der Waals surface area contributed by atoms with Crippen LogP contribution in [0.3, 0.4) is 0 Å². The van der Waals surface area contributed by atoms with Gasteiger partial charge in [-0.2, -0.15) is 0 Å². The molecule has 0 aromatic carbocycles. The van der Waals surface area contributed by atoms with Crippen molar-refractivity contribution in [2.75, 3.05) is 13.1 Å². The normalized spacial score (nSPS) is 9.69. The van der Waals surface area contributed by atoms with E-state index in [1.54, 1.807) is 23.4 Å². The molecule has 0 radical (unpaired) electrons. The van der Waals surface area contributed by atoms with Gasteiger partial charge in [0.1, 0.15) is 0 Å². The molecule has 1 amide bonds. The SMILES string of the molecule is CCN(CC)C(=O)On1cccn1. The molecule has 13 heavy (non-hydrogen) atoms. The molecular weight excluding hydrogens is 170 g/mol. The molecule has 0 N–H and O–H groups in total. The van der Waals surface area contributed by atoms with Gasteiger partial charge in [0.25, 0.3) is 0 Å². The summed E-state index contributed by atoms with van der Waals surface area (Å²) in [5, 5.41) is 3.75. The fourth-order valence-corrected chi connectivity index (χ4v) is 0.928. The molecule has 1 rings (SSSR count). The van der Waals surface area contributed by atoms with Gasteiger partial charge >= 0.3 is 6.09 Å². The quantitative estimate of drug-likeness (QED) is 0.695. The van der Waals surface area contributed by atoms with Crippen LogP contribution in [0.25, 0.3) is 0 Å². The molecule has 0 saturated heterocycles. The molecule has 0 aliphatic rings. The third-order valence-electron chi connectivity index (χ3n) is 1.67. The lowest BCUT2D eigenvalue weighted by atomic mass is 10.6. The molecule has 72 valence electrons. The van der Waals surface area contributed by atoms with E-state index in [9.17, 15) is 4.79 Å². The van der Waals surface area contributed by atoms with Crippen molar-refractivity contribution >= 4 is 6.09 Å². The Hall–Kier alpha value is -1.52. The monoisotopic (exact) mass is 183 g/mol. The van der Waals surface area contributed by atoms with E-state index in [0.29, 0.717) is 13.1 Å². The number of hydrogen-bond donors (Lipinski definition) is 0. The zero-order chi connectivity index (χ0) is 9.68.